The number of ether oxygens (including phenoxy) is 3. The molecule has 1 aliphatic carbocycles. The predicted molar refractivity (Wildman–Crippen MR) is 122 cm³/mol. The fourth-order valence-corrected chi connectivity index (χ4v) is 4.87. The molecule has 1 saturated heterocycles. The Morgan fingerprint density at radius 1 is 1.29 bits per heavy atom. The fraction of sp³-hybridized carbons (Fsp3) is 0.654. The second-order valence-electron chi connectivity index (χ2n) is 9.63. The van der Waals surface area contributed by atoms with E-state index in [1.165, 1.54) is 6.08 Å². The Kier molecular flexibility index (Phi) is 9.85. The molecule has 8 heteroatoms. The minimum Gasteiger partial charge on any atom is -0.487 e. The van der Waals surface area contributed by atoms with Crippen molar-refractivity contribution >= 4 is 5.97 Å². The molecular formula is C26H36F2O6. The van der Waals surface area contributed by atoms with Crippen molar-refractivity contribution in [2.24, 2.45) is 17.8 Å². The van der Waals surface area contributed by atoms with Crippen molar-refractivity contribution in [2.75, 3.05) is 13.2 Å². The molecule has 190 valence electrons. The van der Waals surface area contributed by atoms with Crippen LogP contribution < -0.4 is 4.74 Å². The first kappa shape index (κ1) is 26.6. The zero-order valence-electron chi connectivity index (χ0n) is 19.9. The summed E-state index contributed by atoms with van der Waals surface area (Å²) >= 11 is 0. The zero-order chi connectivity index (χ0) is 24.7. The Morgan fingerprint density at radius 3 is 2.85 bits per heavy atom. The SMILES string of the molecule is CC(C)OC(=O)CCC[C@H]1CC[C@@H]2[C@@H](C=C[C@@H](O)COc3cc(F)ccc3F)[C@H](O)C[C@@H]2OC1. The van der Waals surface area contributed by atoms with E-state index in [-0.39, 0.29) is 42.4 Å². The van der Waals surface area contributed by atoms with E-state index in [1.807, 2.05) is 13.8 Å². The van der Waals surface area contributed by atoms with E-state index < -0.39 is 23.8 Å². The van der Waals surface area contributed by atoms with Gasteiger partial charge in [0.05, 0.1) is 18.3 Å². The Labute approximate surface area is 199 Å². The number of benzene rings is 1. The summed E-state index contributed by atoms with van der Waals surface area (Å²) < 4.78 is 43.4. The Bertz CT molecular complexity index is 830. The van der Waals surface area contributed by atoms with Gasteiger partial charge >= 0.3 is 5.97 Å². The van der Waals surface area contributed by atoms with E-state index in [1.54, 1.807) is 6.08 Å². The predicted octanol–water partition coefficient (Wildman–Crippen LogP) is 4.17. The highest BCUT2D eigenvalue weighted by Crippen LogP contribution is 2.42. The summed E-state index contributed by atoms with van der Waals surface area (Å²) in [5.41, 5.74) is 0. The zero-order valence-corrected chi connectivity index (χ0v) is 19.9. The summed E-state index contributed by atoms with van der Waals surface area (Å²) in [6.45, 7) is 4.06. The van der Waals surface area contributed by atoms with Crippen molar-refractivity contribution in [3.63, 3.8) is 0 Å². The van der Waals surface area contributed by atoms with E-state index in [9.17, 15) is 23.8 Å². The van der Waals surface area contributed by atoms with Crippen LogP contribution in [0.1, 0.15) is 52.4 Å². The van der Waals surface area contributed by atoms with Crippen molar-refractivity contribution in [1.29, 1.82) is 0 Å². The second kappa shape index (κ2) is 12.6. The molecule has 6 nitrogen and oxygen atoms in total. The van der Waals surface area contributed by atoms with Crippen LogP contribution in [0.4, 0.5) is 8.78 Å². The average molecular weight is 483 g/mol. The molecule has 2 fully saturated rings. The summed E-state index contributed by atoms with van der Waals surface area (Å²) in [6.07, 6.45) is 6.02. The molecule has 0 amide bonds. The van der Waals surface area contributed by atoms with Gasteiger partial charge in [-0.15, -0.1) is 0 Å². The Hall–Kier alpha value is -2.03. The van der Waals surface area contributed by atoms with Crippen LogP contribution >= 0.6 is 0 Å². The summed E-state index contributed by atoms with van der Waals surface area (Å²) in [6, 6.07) is 2.90. The monoisotopic (exact) mass is 482 g/mol. The number of fused-ring (bicyclic) bond motifs is 1. The van der Waals surface area contributed by atoms with Gasteiger partial charge in [-0.05, 0) is 63.5 Å². The minimum atomic E-state index is -1.03. The van der Waals surface area contributed by atoms with Crippen LogP contribution in [-0.2, 0) is 14.3 Å². The van der Waals surface area contributed by atoms with Crippen LogP contribution in [-0.4, -0.2) is 53.8 Å². The molecule has 2 aliphatic rings. The molecule has 1 aromatic carbocycles. The Morgan fingerprint density at radius 2 is 2.09 bits per heavy atom. The largest absolute Gasteiger partial charge is 0.487 e. The highest BCUT2D eigenvalue weighted by Gasteiger charge is 2.43. The maximum absolute atomic E-state index is 13.7. The number of carbonyl (C=O) groups is 1. The molecule has 6 atom stereocenters. The van der Waals surface area contributed by atoms with Crippen LogP contribution in [0.15, 0.2) is 30.4 Å². The molecule has 0 unspecified atom stereocenters. The highest BCUT2D eigenvalue weighted by molar-refractivity contribution is 5.69. The highest BCUT2D eigenvalue weighted by atomic mass is 19.1. The van der Waals surface area contributed by atoms with Crippen molar-refractivity contribution in [2.45, 2.75) is 76.8 Å². The standard InChI is InChI=1S/C26H36F2O6/c1-16(2)34-26(31)5-3-4-17-6-9-21-20(23(30)13-24(21)32-14-17)10-8-19(29)15-33-25-12-18(27)7-11-22(25)28/h7-8,10-12,16-17,19-21,23-24,29-30H,3-6,9,13-15H2,1-2H3/t17-,19+,20+,21+,23+,24-/m0/s1. The minimum absolute atomic E-state index is 0.0460. The van der Waals surface area contributed by atoms with Gasteiger partial charge in [0.2, 0.25) is 0 Å². The van der Waals surface area contributed by atoms with Gasteiger partial charge in [-0.1, -0.05) is 12.2 Å². The molecule has 1 aromatic rings. The van der Waals surface area contributed by atoms with Gasteiger partial charge in [-0.25, -0.2) is 8.78 Å². The van der Waals surface area contributed by atoms with Gasteiger partial charge in [0, 0.05) is 31.4 Å². The maximum Gasteiger partial charge on any atom is 0.306 e. The van der Waals surface area contributed by atoms with Crippen LogP contribution in [0, 0.1) is 29.4 Å². The number of aliphatic hydroxyl groups is 2. The summed E-state index contributed by atoms with van der Waals surface area (Å²) in [7, 11) is 0. The Balaban J connectivity index is 1.47. The van der Waals surface area contributed by atoms with E-state index in [2.05, 4.69) is 0 Å². The third-order valence-corrected chi connectivity index (χ3v) is 6.56. The van der Waals surface area contributed by atoms with E-state index >= 15 is 0 Å². The lowest BCUT2D eigenvalue weighted by Crippen LogP contribution is -2.22. The van der Waals surface area contributed by atoms with E-state index in [4.69, 9.17) is 14.2 Å². The molecule has 0 aromatic heterocycles. The third kappa shape index (κ3) is 7.75. The topological polar surface area (TPSA) is 85.2 Å². The van der Waals surface area contributed by atoms with E-state index in [0.717, 1.165) is 43.9 Å². The van der Waals surface area contributed by atoms with Gasteiger partial charge in [0.15, 0.2) is 11.6 Å². The van der Waals surface area contributed by atoms with Crippen LogP contribution in [0.3, 0.4) is 0 Å². The fourth-order valence-electron chi connectivity index (χ4n) is 4.87. The lowest BCUT2D eigenvalue weighted by molar-refractivity contribution is -0.147. The normalized spacial score (nSPS) is 28.0. The first-order valence-corrected chi connectivity index (χ1v) is 12.2. The quantitative estimate of drug-likeness (QED) is 0.385. The molecule has 2 N–H and O–H groups in total. The van der Waals surface area contributed by atoms with Crippen molar-refractivity contribution in [1.82, 2.24) is 0 Å². The molecule has 0 bridgehead atoms. The number of hydrogen-bond acceptors (Lipinski definition) is 6. The molecule has 0 spiro atoms. The van der Waals surface area contributed by atoms with Crippen molar-refractivity contribution in [3.8, 4) is 5.75 Å². The number of halogens is 2. The number of carbonyl (C=O) groups excluding carboxylic acids is 1. The van der Waals surface area contributed by atoms with Gasteiger partial charge in [-0.2, -0.15) is 0 Å². The number of rotatable bonds is 10. The number of aliphatic hydroxyl groups excluding tert-OH is 2. The molecule has 3 rings (SSSR count). The van der Waals surface area contributed by atoms with Gasteiger partial charge in [0.1, 0.15) is 18.5 Å². The lowest BCUT2D eigenvalue weighted by atomic mass is 9.86. The molecule has 34 heavy (non-hydrogen) atoms. The van der Waals surface area contributed by atoms with Crippen molar-refractivity contribution in [3.05, 3.63) is 42.0 Å². The van der Waals surface area contributed by atoms with Gasteiger partial charge in [-0.3, -0.25) is 4.79 Å². The van der Waals surface area contributed by atoms with Crippen LogP contribution in [0.2, 0.25) is 0 Å². The first-order chi connectivity index (χ1) is 16.2. The summed E-state index contributed by atoms with van der Waals surface area (Å²) in [5, 5.41) is 20.8. The summed E-state index contributed by atoms with van der Waals surface area (Å²) in [4.78, 5) is 11.7. The van der Waals surface area contributed by atoms with Crippen LogP contribution in [0.25, 0.3) is 0 Å². The number of hydrogen-bond donors (Lipinski definition) is 2. The molecule has 1 heterocycles. The van der Waals surface area contributed by atoms with Gasteiger partial charge < -0.3 is 24.4 Å². The first-order valence-electron chi connectivity index (χ1n) is 12.2. The second-order valence-corrected chi connectivity index (χ2v) is 9.63. The van der Waals surface area contributed by atoms with E-state index in [0.29, 0.717) is 25.4 Å². The molecule has 1 aliphatic heterocycles. The van der Waals surface area contributed by atoms with Crippen molar-refractivity contribution < 1.29 is 38.0 Å². The molecule has 0 radical (unpaired) electrons. The molecule has 1 saturated carbocycles. The third-order valence-electron chi connectivity index (χ3n) is 6.56. The molecular weight excluding hydrogens is 446 g/mol. The van der Waals surface area contributed by atoms with Gasteiger partial charge in [0.25, 0.3) is 0 Å². The maximum atomic E-state index is 13.7. The number of esters is 1. The average Bonchev–Trinajstić information content (AvgIpc) is 2.94. The smallest absolute Gasteiger partial charge is 0.306 e. The summed E-state index contributed by atoms with van der Waals surface area (Å²) in [5.74, 6) is -1.41. The van der Waals surface area contributed by atoms with Crippen LogP contribution in [0.5, 0.6) is 5.75 Å². The lowest BCUT2D eigenvalue weighted by Gasteiger charge is -2.21.